The molecule has 2 aliphatic heterocycles. The van der Waals surface area contributed by atoms with Gasteiger partial charge in [-0.25, -0.2) is 9.97 Å². The standard InChI is InChI=1S/C40H48Cl2N8O3/c1-47-32-12-18-49(17-5-21-51)23-30(32)43-36(47)38(52)45-28-8-3-6-26(34(28)41)27-7-4-9-29(35(27)42)46-39(53)37-44-31-24-50(19-13-33(31)48(37)2)20-16-40-14-10-25(22-40)11-15-40/h3-4,6-9,25,51H,5,10-24H2,1-2H3,(H,45,52)(H,46,53). The van der Waals surface area contributed by atoms with Crippen molar-refractivity contribution in [3.63, 3.8) is 0 Å². The molecule has 2 aromatic heterocycles. The number of aliphatic hydroxyl groups excluding tert-OH is 1. The third kappa shape index (κ3) is 7.02. The number of imidazole rings is 2. The molecule has 13 heteroatoms. The number of halogens is 2. The molecule has 2 bridgehead atoms. The molecule has 8 rings (SSSR count). The lowest BCUT2D eigenvalue weighted by molar-refractivity contribution is 0.100. The first-order valence-corrected chi connectivity index (χ1v) is 19.7. The van der Waals surface area contributed by atoms with Crippen molar-refractivity contribution < 1.29 is 14.7 Å². The summed E-state index contributed by atoms with van der Waals surface area (Å²) in [6, 6.07) is 10.8. The fraction of sp³-hybridized carbons (Fsp3) is 0.500. The van der Waals surface area contributed by atoms with Crippen LogP contribution in [0.2, 0.25) is 10.0 Å². The number of benzene rings is 2. The third-order valence-corrected chi connectivity index (χ3v) is 13.2. The number of carbonyl (C=O) groups is 2. The topological polar surface area (TPSA) is 121 Å². The normalized spacial score (nSPS) is 21.1. The van der Waals surface area contributed by atoms with E-state index in [0.29, 0.717) is 62.6 Å². The zero-order chi connectivity index (χ0) is 36.9. The highest BCUT2D eigenvalue weighted by Crippen LogP contribution is 2.56. The fourth-order valence-corrected chi connectivity index (χ4v) is 9.88. The van der Waals surface area contributed by atoms with Gasteiger partial charge in [0.2, 0.25) is 0 Å². The maximum Gasteiger partial charge on any atom is 0.291 e. The Morgan fingerprint density at radius 1 is 0.811 bits per heavy atom. The molecule has 0 atom stereocenters. The van der Waals surface area contributed by atoms with Crippen LogP contribution in [0.5, 0.6) is 0 Å². The van der Waals surface area contributed by atoms with Gasteiger partial charge in [0.15, 0.2) is 11.6 Å². The Morgan fingerprint density at radius 2 is 1.32 bits per heavy atom. The molecule has 2 aromatic carbocycles. The van der Waals surface area contributed by atoms with Gasteiger partial charge in [0, 0.05) is 88.8 Å². The van der Waals surface area contributed by atoms with Crippen LogP contribution in [0, 0.1) is 11.3 Å². The van der Waals surface area contributed by atoms with E-state index in [0.717, 1.165) is 74.3 Å². The van der Waals surface area contributed by atoms with Crippen molar-refractivity contribution in [3.05, 3.63) is 80.9 Å². The van der Waals surface area contributed by atoms with E-state index in [1.54, 1.807) is 18.2 Å². The number of aliphatic hydroxyl groups is 1. The van der Waals surface area contributed by atoms with E-state index >= 15 is 0 Å². The van der Waals surface area contributed by atoms with Gasteiger partial charge >= 0.3 is 0 Å². The molecular formula is C40H48Cl2N8O3. The molecule has 0 saturated heterocycles. The molecule has 4 aliphatic rings. The van der Waals surface area contributed by atoms with Crippen molar-refractivity contribution >= 4 is 46.4 Å². The Labute approximate surface area is 320 Å². The fourth-order valence-electron chi connectivity index (χ4n) is 9.33. The number of rotatable bonds is 11. The molecule has 0 radical (unpaired) electrons. The molecule has 53 heavy (non-hydrogen) atoms. The summed E-state index contributed by atoms with van der Waals surface area (Å²) in [6.45, 7) is 5.27. The molecule has 2 fully saturated rings. The maximum atomic E-state index is 13.7. The number of hydrogen-bond donors (Lipinski definition) is 3. The smallest absolute Gasteiger partial charge is 0.291 e. The molecule has 0 spiro atoms. The number of nitrogens with zero attached hydrogens (tertiary/aromatic N) is 6. The van der Waals surface area contributed by atoms with Gasteiger partial charge in [-0.05, 0) is 75.0 Å². The van der Waals surface area contributed by atoms with E-state index in [4.69, 9.17) is 28.2 Å². The van der Waals surface area contributed by atoms with E-state index in [1.165, 1.54) is 38.5 Å². The number of anilines is 2. The summed E-state index contributed by atoms with van der Waals surface area (Å²) < 4.78 is 3.77. The van der Waals surface area contributed by atoms with Gasteiger partial charge in [0.25, 0.3) is 11.8 Å². The summed E-state index contributed by atoms with van der Waals surface area (Å²) in [7, 11) is 3.77. The van der Waals surface area contributed by atoms with Gasteiger partial charge in [0.1, 0.15) is 0 Å². The van der Waals surface area contributed by atoms with Crippen molar-refractivity contribution in [3.8, 4) is 11.1 Å². The molecule has 3 N–H and O–H groups in total. The first kappa shape index (κ1) is 36.2. The zero-order valence-electron chi connectivity index (χ0n) is 30.6. The minimum absolute atomic E-state index is 0.148. The van der Waals surface area contributed by atoms with Crippen LogP contribution in [0.25, 0.3) is 11.1 Å². The van der Waals surface area contributed by atoms with Gasteiger partial charge in [0.05, 0.1) is 32.8 Å². The van der Waals surface area contributed by atoms with Crippen LogP contribution in [0.4, 0.5) is 11.4 Å². The highest BCUT2D eigenvalue weighted by atomic mass is 35.5. The average Bonchev–Trinajstić information content (AvgIpc) is 3.93. The number of aromatic nitrogens is 4. The lowest BCUT2D eigenvalue weighted by atomic mass is 9.81. The highest BCUT2D eigenvalue weighted by molar-refractivity contribution is 6.40. The van der Waals surface area contributed by atoms with Crippen molar-refractivity contribution in [2.24, 2.45) is 25.4 Å². The molecule has 4 heterocycles. The Bertz CT molecular complexity index is 2050. The summed E-state index contributed by atoms with van der Waals surface area (Å²) in [5.74, 6) is 0.946. The van der Waals surface area contributed by atoms with Crippen LogP contribution < -0.4 is 10.6 Å². The Balaban J connectivity index is 0.950. The second kappa shape index (κ2) is 14.8. The first-order chi connectivity index (χ1) is 25.6. The minimum atomic E-state index is -0.364. The van der Waals surface area contributed by atoms with Gasteiger partial charge < -0.3 is 24.9 Å². The number of fused-ring (bicyclic) bond motifs is 4. The maximum absolute atomic E-state index is 13.7. The highest BCUT2D eigenvalue weighted by Gasteiger charge is 2.44. The molecule has 2 saturated carbocycles. The minimum Gasteiger partial charge on any atom is -0.396 e. The zero-order valence-corrected chi connectivity index (χ0v) is 32.1. The second-order valence-electron chi connectivity index (χ2n) is 15.5. The summed E-state index contributed by atoms with van der Waals surface area (Å²) >= 11 is 13.9. The molecule has 280 valence electrons. The Kier molecular flexibility index (Phi) is 10.1. The van der Waals surface area contributed by atoms with Crippen LogP contribution in [0.3, 0.4) is 0 Å². The monoisotopic (exact) mass is 758 g/mol. The number of carbonyl (C=O) groups excluding carboxylic acids is 2. The number of amides is 2. The Hall–Kier alpha value is -3.74. The van der Waals surface area contributed by atoms with E-state index in [-0.39, 0.29) is 18.4 Å². The largest absolute Gasteiger partial charge is 0.396 e. The van der Waals surface area contributed by atoms with E-state index in [9.17, 15) is 14.7 Å². The molecule has 11 nitrogen and oxygen atoms in total. The molecular weight excluding hydrogens is 711 g/mol. The molecule has 4 aromatic rings. The summed E-state index contributed by atoms with van der Waals surface area (Å²) in [5, 5.41) is 15.8. The van der Waals surface area contributed by atoms with Crippen LogP contribution >= 0.6 is 23.2 Å². The van der Waals surface area contributed by atoms with Gasteiger partial charge in [-0.15, -0.1) is 0 Å². The number of hydrogen-bond acceptors (Lipinski definition) is 7. The van der Waals surface area contributed by atoms with Crippen molar-refractivity contribution in [2.75, 3.05) is 43.4 Å². The van der Waals surface area contributed by atoms with Crippen LogP contribution in [-0.2, 0) is 40.0 Å². The third-order valence-electron chi connectivity index (χ3n) is 12.3. The van der Waals surface area contributed by atoms with Gasteiger partial charge in [-0.2, -0.15) is 0 Å². The summed E-state index contributed by atoms with van der Waals surface area (Å²) in [4.78, 5) is 41.5. The predicted molar refractivity (Wildman–Crippen MR) is 208 cm³/mol. The van der Waals surface area contributed by atoms with Crippen LogP contribution in [0.1, 0.15) is 89.0 Å². The predicted octanol–water partition coefficient (Wildman–Crippen LogP) is 6.70. The quantitative estimate of drug-likeness (QED) is 0.156. The Morgan fingerprint density at radius 3 is 1.79 bits per heavy atom. The van der Waals surface area contributed by atoms with E-state index in [1.807, 2.05) is 41.4 Å². The van der Waals surface area contributed by atoms with Crippen molar-refractivity contribution in [2.45, 2.75) is 70.9 Å². The molecule has 2 amide bonds. The average molecular weight is 760 g/mol. The van der Waals surface area contributed by atoms with Gasteiger partial charge in [-0.3, -0.25) is 19.4 Å². The lowest BCUT2D eigenvalue weighted by Gasteiger charge is -2.32. The van der Waals surface area contributed by atoms with E-state index < -0.39 is 0 Å². The van der Waals surface area contributed by atoms with Crippen molar-refractivity contribution in [1.82, 2.24) is 28.9 Å². The van der Waals surface area contributed by atoms with E-state index in [2.05, 4.69) is 25.4 Å². The number of nitrogens with one attached hydrogen (secondary N) is 2. The summed E-state index contributed by atoms with van der Waals surface area (Å²) in [6.07, 6.45) is 10.6. The lowest BCUT2D eigenvalue weighted by Crippen LogP contribution is -2.34. The van der Waals surface area contributed by atoms with Crippen molar-refractivity contribution in [1.29, 1.82) is 0 Å². The SMILES string of the molecule is Cn1c(C(=O)Nc2cccc(-c3cccc(NC(=O)c4nc5c(n4C)CCN(CCC46CCC(CC4)C6)C5)c3Cl)c2Cl)nc2c1CCN(CCCO)C2. The second-order valence-corrected chi connectivity index (χ2v) is 16.3. The van der Waals surface area contributed by atoms with Crippen LogP contribution in [0.15, 0.2) is 36.4 Å². The first-order valence-electron chi connectivity index (χ1n) is 19.0. The molecule has 0 unspecified atom stereocenters. The summed E-state index contributed by atoms with van der Waals surface area (Å²) in [5.41, 5.74) is 6.67. The van der Waals surface area contributed by atoms with Crippen LogP contribution in [-0.4, -0.2) is 78.6 Å². The molecule has 2 aliphatic carbocycles. The van der Waals surface area contributed by atoms with Gasteiger partial charge in [-0.1, -0.05) is 47.5 Å².